The van der Waals surface area contributed by atoms with Gasteiger partial charge in [0, 0.05) is 36.2 Å². The Morgan fingerprint density at radius 3 is 1.44 bits per heavy atom. The van der Waals surface area contributed by atoms with E-state index in [9.17, 15) is 0 Å². The van der Waals surface area contributed by atoms with Crippen LogP contribution in [0.3, 0.4) is 0 Å². The number of imidazole rings is 2. The van der Waals surface area contributed by atoms with Crippen LogP contribution in [0.4, 0.5) is 0 Å². The van der Waals surface area contributed by atoms with Gasteiger partial charge >= 0.3 is 41.9 Å². The molecule has 8 heteroatoms. The second-order valence-corrected chi connectivity index (χ2v) is 17.9. The fourth-order valence-electron chi connectivity index (χ4n) is 3.99. The van der Waals surface area contributed by atoms with Crippen molar-refractivity contribution in [2.75, 3.05) is 0 Å². The standard InChI is InChI=1S/2C13H11N2.C2H6Si.2ClH.Zr/c2*1-10-7-11-3-2-4-13(12(11)8-10)15-6-5-14-9-15;1-3-2;;;/h2*2-9H,1H3;1-2H3;2*1H;/q2*-1;;;;+2/p-2. The average molecular weight is 611 g/mol. The van der Waals surface area contributed by atoms with E-state index in [-0.39, 0.29) is 30.2 Å². The van der Waals surface area contributed by atoms with Gasteiger partial charge in [0.2, 0.25) is 0 Å². The molecule has 0 aliphatic rings. The molecule has 0 saturated heterocycles. The molecule has 2 heterocycles. The summed E-state index contributed by atoms with van der Waals surface area (Å²) in [7, 11) is 0. The topological polar surface area (TPSA) is 35.6 Å². The number of rotatable bonds is 2. The minimum Gasteiger partial charge on any atom is -1.00 e. The first-order chi connectivity index (χ1) is 16.4. The summed E-state index contributed by atoms with van der Waals surface area (Å²) >= 11 is 1.74. The van der Waals surface area contributed by atoms with Crippen LogP contribution in [-0.4, -0.2) is 24.5 Å². The van der Waals surface area contributed by atoms with Crippen LogP contribution in [0.2, 0.25) is 13.1 Å². The molecular formula is C28H28Cl2N4SiZr-2. The number of hydrogen-bond donors (Lipinski definition) is 0. The molecule has 4 aromatic carbocycles. The van der Waals surface area contributed by atoms with Crippen molar-refractivity contribution in [3.63, 3.8) is 0 Å². The molecule has 0 fully saturated rings. The molecule has 0 aliphatic carbocycles. The molecule has 4 nitrogen and oxygen atoms in total. The fourth-order valence-corrected chi connectivity index (χ4v) is 3.99. The Hall–Kier alpha value is -2.24. The van der Waals surface area contributed by atoms with Crippen LogP contribution in [-0.2, 0) is 23.3 Å². The summed E-state index contributed by atoms with van der Waals surface area (Å²) in [5.41, 5.74) is 5.20. The minimum absolute atomic E-state index is 0. The second kappa shape index (κ2) is 13.9. The SMILES string of the molecule is C[Si](C)=[Zr+2].Cc1cc2c(-n3ccnc3)cccc2[cH-]1.Cc1cc2c(-n3ccnc3)cccc2[cH-]1.[Cl-].[Cl-]. The van der Waals surface area contributed by atoms with Gasteiger partial charge in [-0.25, -0.2) is 9.97 Å². The monoisotopic (exact) mass is 608 g/mol. The second-order valence-electron chi connectivity index (χ2n) is 8.57. The minimum atomic E-state index is 0. The number of benzene rings is 2. The van der Waals surface area contributed by atoms with Gasteiger partial charge in [0.25, 0.3) is 0 Å². The predicted molar refractivity (Wildman–Crippen MR) is 140 cm³/mol. The van der Waals surface area contributed by atoms with Gasteiger partial charge in [-0.05, 0) is 0 Å². The Balaban J connectivity index is 0.000000211. The van der Waals surface area contributed by atoms with E-state index in [1.807, 2.05) is 34.2 Å². The summed E-state index contributed by atoms with van der Waals surface area (Å²) in [6, 6.07) is 21.5. The third-order valence-electron chi connectivity index (χ3n) is 5.31. The first-order valence-corrected chi connectivity index (χ1v) is 17.4. The summed E-state index contributed by atoms with van der Waals surface area (Å²) in [6.45, 7) is 8.86. The van der Waals surface area contributed by atoms with Gasteiger partial charge in [0.05, 0.1) is 12.7 Å². The quantitative estimate of drug-likeness (QED) is 0.216. The zero-order valence-corrected chi connectivity index (χ0v) is 25.8. The molecule has 36 heavy (non-hydrogen) atoms. The van der Waals surface area contributed by atoms with Gasteiger partial charge in [-0.2, -0.15) is 12.1 Å². The Morgan fingerprint density at radius 2 is 1.11 bits per heavy atom. The molecule has 0 radical (unpaired) electrons. The summed E-state index contributed by atoms with van der Waals surface area (Å²) < 4.78 is 4.09. The van der Waals surface area contributed by atoms with Crippen molar-refractivity contribution in [2.45, 2.75) is 26.9 Å². The summed E-state index contributed by atoms with van der Waals surface area (Å²) in [5.74, 6) is 0. The zero-order valence-electron chi connectivity index (χ0n) is 20.8. The van der Waals surface area contributed by atoms with Crippen molar-refractivity contribution in [1.29, 1.82) is 0 Å². The van der Waals surface area contributed by atoms with Crippen LogP contribution in [0.5, 0.6) is 0 Å². The number of hydrogen-bond acceptors (Lipinski definition) is 2. The predicted octanol–water partition coefficient (Wildman–Crippen LogP) is 0.898. The number of halogens is 2. The molecule has 0 spiro atoms. The van der Waals surface area contributed by atoms with Gasteiger partial charge < -0.3 is 33.9 Å². The number of nitrogens with zero attached hydrogens (tertiary/aromatic N) is 4. The fraction of sp³-hybridized carbons (Fsp3) is 0.143. The van der Waals surface area contributed by atoms with Crippen molar-refractivity contribution >= 4 is 27.0 Å². The van der Waals surface area contributed by atoms with Crippen LogP contribution < -0.4 is 24.8 Å². The summed E-state index contributed by atoms with van der Waals surface area (Å²) in [6.07, 6.45) is 11.2. The van der Waals surface area contributed by atoms with E-state index in [0.717, 1.165) is 0 Å². The van der Waals surface area contributed by atoms with Crippen molar-refractivity contribution in [3.8, 4) is 11.4 Å². The van der Waals surface area contributed by atoms with Crippen molar-refractivity contribution in [3.05, 3.63) is 109 Å². The van der Waals surface area contributed by atoms with Gasteiger partial charge in [-0.15, -0.1) is 69.1 Å². The number of aryl methyl sites for hydroxylation is 2. The maximum Gasteiger partial charge on any atom is 0.0984 e. The van der Waals surface area contributed by atoms with E-state index >= 15 is 0 Å². The normalized spacial score (nSPS) is 9.94. The van der Waals surface area contributed by atoms with Crippen LogP contribution in [0, 0.1) is 13.8 Å². The first-order valence-electron chi connectivity index (χ1n) is 11.2. The van der Waals surface area contributed by atoms with Crippen molar-refractivity contribution in [1.82, 2.24) is 19.1 Å². The van der Waals surface area contributed by atoms with Crippen molar-refractivity contribution < 1.29 is 48.1 Å². The molecule has 6 rings (SSSR count). The van der Waals surface area contributed by atoms with E-state index in [0.29, 0.717) is 0 Å². The average Bonchev–Trinajstić information content (AvgIpc) is 3.58. The van der Waals surface area contributed by atoms with E-state index in [1.54, 1.807) is 35.7 Å². The third kappa shape index (κ3) is 7.39. The Labute approximate surface area is 240 Å². The van der Waals surface area contributed by atoms with Crippen molar-refractivity contribution in [2.24, 2.45) is 0 Å². The van der Waals surface area contributed by atoms with Crippen LogP contribution in [0.15, 0.2) is 98.1 Å². The molecule has 0 unspecified atom stereocenters. The molecule has 0 amide bonds. The van der Waals surface area contributed by atoms with E-state index < -0.39 is 0 Å². The van der Waals surface area contributed by atoms with Gasteiger partial charge in [-0.3, -0.25) is 0 Å². The molecule has 6 aromatic rings. The molecular weight excluding hydrogens is 583 g/mol. The zero-order chi connectivity index (χ0) is 24.1. The summed E-state index contributed by atoms with van der Waals surface area (Å²) in [4.78, 5) is 8.15. The third-order valence-corrected chi connectivity index (χ3v) is 5.31. The first kappa shape index (κ1) is 30.0. The van der Waals surface area contributed by atoms with Crippen LogP contribution >= 0.6 is 0 Å². The van der Waals surface area contributed by atoms with Crippen LogP contribution in [0.25, 0.3) is 32.9 Å². The van der Waals surface area contributed by atoms with Crippen LogP contribution in [0.1, 0.15) is 11.1 Å². The van der Waals surface area contributed by atoms with E-state index in [2.05, 4.69) is 97.6 Å². The maximum atomic E-state index is 4.08. The van der Waals surface area contributed by atoms with E-state index in [4.69, 9.17) is 0 Å². The Bertz CT molecular complexity index is 1400. The Kier molecular flexibility index (Phi) is 11.6. The molecule has 184 valence electrons. The smallest absolute Gasteiger partial charge is 0.0984 e. The van der Waals surface area contributed by atoms with Gasteiger partial charge in [-0.1, -0.05) is 26.0 Å². The number of fused-ring (bicyclic) bond motifs is 2. The number of aromatic nitrogens is 4. The molecule has 0 atom stereocenters. The van der Waals surface area contributed by atoms with E-state index in [1.165, 1.54) is 44.0 Å². The maximum absolute atomic E-state index is 4.08. The molecule has 0 saturated carbocycles. The largest absolute Gasteiger partial charge is 1.00 e. The molecule has 0 bridgehead atoms. The van der Waals surface area contributed by atoms with Gasteiger partial charge in [0.1, 0.15) is 0 Å². The summed E-state index contributed by atoms with van der Waals surface area (Å²) in [5, 5.41) is 5.15. The molecule has 0 aliphatic heterocycles. The molecule has 0 N–H and O–H groups in total. The van der Waals surface area contributed by atoms with Gasteiger partial charge in [0.15, 0.2) is 0 Å². The molecule has 2 aromatic heterocycles. The Morgan fingerprint density at radius 1 is 0.722 bits per heavy atom.